The van der Waals surface area contributed by atoms with Crippen LogP contribution in [0.1, 0.15) is 37.7 Å². The van der Waals surface area contributed by atoms with Crippen LogP contribution in [-0.2, 0) is 6.54 Å². The minimum absolute atomic E-state index is 0.319. The third-order valence-electron chi connectivity index (χ3n) is 3.74. The highest BCUT2D eigenvalue weighted by atomic mass is 35.5. The summed E-state index contributed by atoms with van der Waals surface area (Å²) in [6.45, 7) is 12.2. The first-order chi connectivity index (χ1) is 12.4. The number of aryl methyl sites for hydroxylation is 2. The highest BCUT2D eigenvalue weighted by molar-refractivity contribution is 6.33. The summed E-state index contributed by atoms with van der Waals surface area (Å²) >= 11 is 6.63. The van der Waals surface area contributed by atoms with Gasteiger partial charge in [0.05, 0.1) is 5.69 Å². The number of hydrogen-bond donors (Lipinski definition) is 1. The second-order valence-corrected chi connectivity index (χ2v) is 5.68. The smallest absolute Gasteiger partial charge is 0.162 e. The van der Waals surface area contributed by atoms with Crippen molar-refractivity contribution in [2.24, 2.45) is 5.73 Å². The molecule has 0 atom stereocenters. The summed E-state index contributed by atoms with van der Waals surface area (Å²) < 4.78 is 1.91. The van der Waals surface area contributed by atoms with Gasteiger partial charge in [0, 0.05) is 12.1 Å². The summed E-state index contributed by atoms with van der Waals surface area (Å²) in [5, 5.41) is 9.84. The van der Waals surface area contributed by atoms with Gasteiger partial charge in [-0.2, -0.15) is 5.26 Å². The fourth-order valence-electron chi connectivity index (χ4n) is 2.51. The number of nitrogens with two attached hydrogens (primary N) is 1. The van der Waals surface area contributed by atoms with E-state index >= 15 is 0 Å². The average Bonchev–Trinajstić information content (AvgIpc) is 2.89. The lowest BCUT2D eigenvalue weighted by Crippen LogP contribution is -1.99. The lowest BCUT2D eigenvalue weighted by Gasteiger charge is -2.06. The predicted octanol–water partition coefficient (Wildman–Crippen LogP) is 4.36. The Kier molecular flexibility index (Phi) is 7.65. The molecule has 0 aliphatic carbocycles. The largest absolute Gasteiger partial charge is 0.360 e. The number of nitrogens with zero attached hydrogens (tertiary/aromatic N) is 4. The van der Waals surface area contributed by atoms with E-state index in [4.69, 9.17) is 11.6 Å². The van der Waals surface area contributed by atoms with E-state index in [-0.39, 0.29) is 0 Å². The van der Waals surface area contributed by atoms with Gasteiger partial charge in [-0.1, -0.05) is 42.8 Å². The second kappa shape index (κ2) is 9.46. The Morgan fingerprint density at radius 2 is 2.08 bits per heavy atom. The molecular weight excluding hydrogens is 346 g/mol. The van der Waals surface area contributed by atoms with Gasteiger partial charge in [0.2, 0.25) is 0 Å². The number of nitriles is 1. The summed E-state index contributed by atoms with van der Waals surface area (Å²) in [5.41, 5.74) is 9.36. The van der Waals surface area contributed by atoms with E-state index in [0.29, 0.717) is 34.2 Å². The molecule has 0 saturated carbocycles. The molecule has 0 aromatic carbocycles. The molecule has 26 heavy (non-hydrogen) atoms. The highest BCUT2D eigenvalue weighted by Crippen LogP contribution is 2.36. The van der Waals surface area contributed by atoms with Crippen LogP contribution in [0.3, 0.4) is 0 Å². The maximum Gasteiger partial charge on any atom is 0.162 e. The van der Waals surface area contributed by atoms with Crippen molar-refractivity contribution < 1.29 is 0 Å². The highest BCUT2D eigenvalue weighted by Gasteiger charge is 2.21. The van der Waals surface area contributed by atoms with E-state index in [0.717, 1.165) is 16.7 Å². The zero-order chi connectivity index (χ0) is 19.9. The number of fused-ring (bicyclic) bond motifs is 1. The molecule has 2 heterocycles. The first kappa shape index (κ1) is 21.0. The SMILES string of the molecule is C#CN.C=C/C(C)=C(\C=C/C)c1c(Cl)n(CC)c2nc(C)c(C#N)nc12. The van der Waals surface area contributed by atoms with Gasteiger partial charge in [-0.05, 0) is 44.9 Å². The van der Waals surface area contributed by atoms with Crippen molar-refractivity contribution in [2.75, 3.05) is 0 Å². The van der Waals surface area contributed by atoms with E-state index in [1.807, 2.05) is 37.5 Å². The normalized spacial score (nSPS) is 11.3. The molecule has 0 radical (unpaired) electrons. The molecule has 0 amide bonds. The van der Waals surface area contributed by atoms with Crippen LogP contribution >= 0.6 is 11.6 Å². The number of rotatable bonds is 4. The molecular formula is C20H22ClN5. The maximum atomic E-state index is 9.26. The van der Waals surface area contributed by atoms with Crippen LogP contribution in [0.25, 0.3) is 16.7 Å². The summed E-state index contributed by atoms with van der Waals surface area (Å²) in [7, 11) is 0. The quantitative estimate of drug-likeness (QED) is 0.494. The van der Waals surface area contributed by atoms with E-state index in [1.54, 1.807) is 19.0 Å². The Morgan fingerprint density at radius 1 is 1.46 bits per heavy atom. The lowest BCUT2D eigenvalue weighted by molar-refractivity contribution is 0.785. The minimum atomic E-state index is 0.319. The van der Waals surface area contributed by atoms with Gasteiger partial charge in [0.15, 0.2) is 11.3 Å². The number of halogens is 1. The van der Waals surface area contributed by atoms with Crippen molar-refractivity contribution in [3.63, 3.8) is 0 Å². The topological polar surface area (TPSA) is 80.5 Å². The van der Waals surface area contributed by atoms with Crippen molar-refractivity contribution in [3.05, 3.63) is 52.5 Å². The van der Waals surface area contributed by atoms with Gasteiger partial charge in [0.25, 0.3) is 0 Å². The molecule has 2 aromatic heterocycles. The van der Waals surface area contributed by atoms with Crippen molar-refractivity contribution in [3.8, 4) is 18.5 Å². The average molecular weight is 368 g/mol. The molecule has 2 N–H and O–H groups in total. The monoisotopic (exact) mass is 367 g/mol. The van der Waals surface area contributed by atoms with Crippen molar-refractivity contribution in [2.45, 2.75) is 34.2 Å². The summed E-state index contributed by atoms with van der Waals surface area (Å²) in [5.74, 6) is 0. The second-order valence-electron chi connectivity index (χ2n) is 5.32. The Morgan fingerprint density at radius 3 is 2.54 bits per heavy atom. The molecule has 2 aromatic rings. The number of aromatic nitrogens is 3. The summed E-state index contributed by atoms with van der Waals surface area (Å²) in [6, 6.07) is 3.85. The Bertz CT molecular complexity index is 965. The number of allylic oxidation sites excluding steroid dienone is 5. The van der Waals surface area contributed by atoms with E-state index in [9.17, 15) is 5.26 Å². The van der Waals surface area contributed by atoms with Gasteiger partial charge >= 0.3 is 0 Å². The first-order valence-corrected chi connectivity index (χ1v) is 8.38. The Labute approximate surface area is 159 Å². The van der Waals surface area contributed by atoms with Crippen LogP contribution < -0.4 is 5.73 Å². The van der Waals surface area contributed by atoms with Crippen LogP contribution in [0.5, 0.6) is 0 Å². The van der Waals surface area contributed by atoms with E-state index in [1.165, 1.54) is 0 Å². The molecule has 2 rings (SSSR count). The van der Waals surface area contributed by atoms with Crippen LogP contribution in [0.4, 0.5) is 0 Å². The molecule has 0 aliphatic rings. The molecule has 134 valence electrons. The van der Waals surface area contributed by atoms with Gasteiger partial charge in [-0.3, -0.25) is 0 Å². The molecule has 0 aliphatic heterocycles. The van der Waals surface area contributed by atoms with Crippen LogP contribution in [0.2, 0.25) is 5.15 Å². The van der Waals surface area contributed by atoms with Crippen molar-refractivity contribution in [1.82, 2.24) is 14.5 Å². The Hall–Kier alpha value is -3.02. The van der Waals surface area contributed by atoms with Crippen LogP contribution in [0.15, 0.2) is 30.4 Å². The zero-order valence-electron chi connectivity index (χ0n) is 15.5. The molecule has 6 heteroatoms. The fourth-order valence-corrected chi connectivity index (χ4v) is 2.90. The third-order valence-corrected chi connectivity index (χ3v) is 4.14. The van der Waals surface area contributed by atoms with Crippen molar-refractivity contribution >= 4 is 28.3 Å². The minimum Gasteiger partial charge on any atom is -0.360 e. The summed E-state index contributed by atoms with van der Waals surface area (Å²) in [6.07, 6.45) is 10.1. The third kappa shape index (κ3) is 3.96. The predicted molar refractivity (Wildman–Crippen MR) is 108 cm³/mol. The lowest BCUT2D eigenvalue weighted by atomic mass is 10.0. The van der Waals surface area contributed by atoms with Crippen LogP contribution in [0, 0.1) is 30.7 Å². The maximum absolute atomic E-state index is 9.26. The Balaban J connectivity index is 0.00000105. The van der Waals surface area contributed by atoms with E-state index in [2.05, 4.69) is 34.8 Å². The first-order valence-electron chi connectivity index (χ1n) is 8.00. The van der Waals surface area contributed by atoms with Crippen molar-refractivity contribution in [1.29, 1.82) is 5.26 Å². The molecule has 0 unspecified atom stereocenters. The zero-order valence-corrected chi connectivity index (χ0v) is 16.2. The van der Waals surface area contributed by atoms with E-state index < -0.39 is 0 Å². The van der Waals surface area contributed by atoms with Gasteiger partial charge in [-0.25, -0.2) is 9.97 Å². The van der Waals surface area contributed by atoms with Gasteiger partial charge in [-0.15, -0.1) is 0 Å². The fraction of sp³-hybridized carbons (Fsp3) is 0.250. The standard InChI is InChI=1S/C18H19ClN4.C2H3N/c1-6-9-13(11(4)7-2)15-16-18(23(8-3)17(15)19)21-12(5)14(10-20)22-16;1-2-3/h6-7,9H,2,8H2,1,3-5H3;1H,3H2/b9-6-,13-11+;. The number of terminal acetylenes is 1. The molecule has 0 fully saturated rings. The summed E-state index contributed by atoms with van der Waals surface area (Å²) in [4.78, 5) is 9.06. The number of hydrogen-bond acceptors (Lipinski definition) is 4. The van der Waals surface area contributed by atoms with Gasteiger partial charge in [0.1, 0.15) is 16.7 Å². The van der Waals surface area contributed by atoms with Crippen LogP contribution in [-0.4, -0.2) is 14.5 Å². The van der Waals surface area contributed by atoms with Gasteiger partial charge < -0.3 is 10.3 Å². The molecule has 0 spiro atoms. The molecule has 0 saturated heterocycles. The molecule has 5 nitrogen and oxygen atoms in total. The molecule has 0 bridgehead atoms.